The van der Waals surface area contributed by atoms with Gasteiger partial charge in [-0.15, -0.1) is 0 Å². The number of halogens is 2. The van der Waals surface area contributed by atoms with E-state index in [1.54, 1.807) is 25.2 Å². The Labute approximate surface area is 179 Å². The van der Waals surface area contributed by atoms with Gasteiger partial charge in [0.15, 0.2) is 6.61 Å². The Morgan fingerprint density at radius 3 is 2.31 bits per heavy atom. The van der Waals surface area contributed by atoms with E-state index in [0.717, 1.165) is 9.87 Å². The molecule has 0 heterocycles. The first kappa shape index (κ1) is 23.2. The van der Waals surface area contributed by atoms with Crippen molar-refractivity contribution in [3.05, 3.63) is 63.6 Å². The normalized spacial score (nSPS) is 11.4. The Bertz CT molecular complexity index is 1030. The van der Waals surface area contributed by atoms with Gasteiger partial charge in [-0.1, -0.05) is 35.3 Å². The van der Waals surface area contributed by atoms with E-state index < -0.39 is 28.5 Å². The molecule has 2 rings (SSSR count). The van der Waals surface area contributed by atoms with Crippen LogP contribution in [0.25, 0.3) is 0 Å². The smallest absolute Gasteiger partial charge is 0.338 e. The number of sulfonamides is 1. The number of ether oxygens (including phenoxy) is 1. The van der Waals surface area contributed by atoms with Crippen molar-refractivity contribution in [2.45, 2.75) is 11.4 Å². The maximum atomic E-state index is 12.2. The fraction of sp³-hybridized carbons (Fsp3) is 0.263. The molecule has 0 aromatic heterocycles. The van der Waals surface area contributed by atoms with Crippen LogP contribution in [0, 0.1) is 0 Å². The SMILES string of the molecule is CN(Cc1ccc(Cl)c(Cl)c1)C(=O)COC(=O)c1cccc(S(=O)(=O)N(C)C)c1. The molecule has 156 valence electrons. The highest BCUT2D eigenvalue weighted by Crippen LogP contribution is 2.23. The van der Waals surface area contributed by atoms with Crippen molar-refractivity contribution in [3.63, 3.8) is 0 Å². The van der Waals surface area contributed by atoms with Gasteiger partial charge in [-0.05, 0) is 35.9 Å². The maximum Gasteiger partial charge on any atom is 0.338 e. The monoisotopic (exact) mass is 458 g/mol. The van der Waals surface area contributed by atoms with Crippen molar-refractivity contribution < 1.29 is 22.7 Å². The van der Waals surface area contributed by atoms with Gasteiger partial charge in [-0.25, -0.2) is 17.5 Å². The van der Waals surface area contributed by atoms with E-state index >= 15 is 0 Å². The zero-order valence-corrected chi connectivity index (χ0v) is 18.4. The average Bonchev–Trinajstić information content (AvgIpc) is 2.68. The van der Waals surface area contributed by atoms with Gasteiger partial charge >= 0.3 is 5.97 Å². The third-order valence-corrected chi connectivity index (χ3v) is 6.55. The van der Waals surface area contributed by atoms with Crippen LogP contribution in [0.3, 0.4) is 0 Å². The summed E-state index contributed by atoms with van der Waals surface area (Å²) in [4.78, 5) is 25.8. The lowest BCUT2D eigenvalue weighted by Gasteiger charge is -2.17. The first-order valence-electron chi connectivity index (χ1n) is 8.40. The fourth-order valence-corrected chi connectivity index (χ4v) is 3.58. The molecule has 0 saturated heterocycles. The van der Waals surface area contributed by atoms with Crippen LogP contribution < -0.4 is 0 Å². The third-order valence-electron chi connectivity index (χ3n) is 4.00. The van der Waals surface area contributed by atoms with E-state index in [0.29, 0.717) is 10.0 Å². The molecule has 29 heavy (non-hydrogen) atoms. The standard InChI is InChI=1S/C19H20Cl2N2O5S/c1-22(2)29(26,27)15-6-4-5-14(10-15)19(25)28-12-18(24)23(3)11-13-7-8-16(20)17(21)9-13/h4-10H,11-12H2,1-3H3. The zero-order valence-electron chi connectivity index (χ0n) is 16.1. The summed E-state index contributed by atoms with van der Waals surface area (Å²) in [5.41, 5.74) is 0.802. The number of likely N-dealkylation sites (N-methyl/N-ethyl adjacent to an activating group) is 1. The Kier molecular flexibility index (Phi) is 7.65. The summed E-state index contributed by atoms with van der Waals surface area (Å²) < 4.78 is 30.4. The van der Waals surface area contributed by atoms with Crippen LogP contribution in [0.5, 0.6) is 0 Å². The molecule has 0 saturated carbocycles. The number of carbonyl (C=O) groups is 2. The van der Waals surface area contributed by atoms with Gasteiger partial charge in [-0.2, -0.15) is 0 Å². The largest absolute Gasteiger partial charge is 0.452 e. The van der Waals surface area contributed by atoms with Gasteiger partial charge in [0, 0.05) is 27.7 Å². The summed E-state index contributed by atoms with van der Waals surface area (Å²) in [7, 11) is 0.653. The summed E-state index contributed by atoms with van der Waals surface area (Å²) in [6.45, 7) is -0.231. The number of rotatable bonds is 7. The molecule has 2 aromatic carbocycles. The highest BCUT2D eigenvalue weighted by molar-refractivity contribution is 7.89. The van der Waals surface area contributed by atoms with Gasteiger partial charge < -0.3 is 9.64 Å². The Morgan fingerprint density at radius 1 is 1.00 bits per heavy atom. The lowest BCUT2D eigenvalue weighted by atomic mass is 10.2. The van der Waals surface area contributed by atoms with E-state index in [9.17, 15) is 18.0 Å². The molecular formula is C19H20Cl2N2O5S. The number of esters is 1. The molecule has 0 aliphatic heterocycles. The minimum atomic E-state index is -3.69. The molecule has 0 radical (unpaired) electrons. The molecule has 0 N–H and O–H groups in total. The van der Waals surface area contributed by atoms with Crippen molar-refractivity contribution in [3.8, 4) is 0 Å². The van der Waals surface area contributed by atoms with Crippen molar-refractivity contribution in [1.29, 1.82) is 0 Å². The molecule has 0 aliphatic rings. The second-order valence-electron chi connectivity index (χ2n) is 6.39. The van der Waals surface area contributed by atoms with Gasteiger partial charge in [0.05, 0.1) is 20.5 Å². The van der Waals surface area contributed by atoms with Gasteiger partial charge in [0.1, 0.15) is 0 Å². The number of benzene rings is 2. The summed E-state index contributed by atoms with van der Waals surface area (Å²) in [5, 5.41) is 0.792. The van der Waals surface area contributed by atoms with E-state index in [1.807, 2.05) is 0 Å². The molecule has 1 amide bonds. The van der Waals surface area contributed by atoms with Crippen molar-refractivity contribution in [2.75, 3.05) is 27.7 Å². The average molecular weight is 459 g/mol. The number of amides is 1. The Morgan fingerprint density at radius 2 is 1.69 bits per heavy atom. The van der Waals surface area contributed by atoms with Crippen LogP contribution in [0.2, 0.25) is 10.0 Å². The van der Waals surface area contributed by atoms with E-state index in [-0.39, 0.29) is 17.0 Å². The molecule has 7 nitrogen and oxygen atoms in total. The minimum absolute atomic E-state index is 0.0351. The van der Waals surface area contributed by atoms with Crippen molar-refractivity contribution >= 4 is 45.1 Å². The van der Waals surface area contributed by atoms with Crippen LogP contribution >= 0.6 is 23.2 Å². The van der Waals surface area contributed by atoms with Gasteiger partial charge in [-0.3, -0.25) is 4.79 Å². The topological polar surface area (TPSA) is 84.0 Å². The highest BCUT2D eigenvalue weighted by Gasteiger charge is 2.20. The van der Waals surface area contributed by atoms with Crippen LogP contribution in [0.4, 0.5) is 0 Å². The molecule has 0 unspecified atom stereocenters. The number of hydrogen-bond acceptors (Lipinski definition) is 5. The maximum absolute atomic E-state index is 12.2. The fourth-order valence-electron chi connectivity index (χ4n) is 2.32. The summed E-state index contributed by atoms with van der Waals surface area (Å²) in [5.74, 6) is -1.22. The molecule has 2 aromatic rings. The quantitative estimate of drug-likeness (QED) is 0.595. The second kappa shape index (κ2) is 9.58. The van der Waals surface area contributed by atoms with Gasteiger partial charge in [0.25, 0.3) is 5.91 Å². The molecule has 0 spiro atoms. The van der Waals surface area contributed by atoms with E-state index in [2.05, 4.69) is 0 Å². The third kappa shape index (κ3) is 5.93. The lowest BCUT2D eigenvalue weighted by Crippen LogP contribution is -2.30. The first-order valence-corrected chi connectivity index (χ1v) is 10.6. The van der Waals surface area contributed by atoms with Crippen LogP contribution in [0.15, 0.2) is 47.4 Å². The predicted octanol–water partition coefficient (Wildman–Crippen LogP) is 3.06. The second-order valence-corrected chi connectivity index (χ2v) is 9.36. The van der Waals surface area contributed by atoms with Crippen LogP contribution in [-0.2, 0) is 26.1 Å². The summed E-state index contributed by atoms with van der Waals surface area (Å²) in [6.07, 6.45) is 0. The van der Waals surface area contributed by atoms with Crippen LogP contribution in [-0.4, -0.2) is 57.2 Å². The lowest BCUT2D eigenvalue weighted by molar-refractivity contribution is -0.133. The zero-order chi connectivity index (χ0) is 21.8. The Balaban J connectivity index is 1.99. The molecular weight excluding hydrogens is 439 g/mol. The minimum Gasteiger partial charge on any atom is -0.452 e. The van der Waals surface area contributed by atoms with Gasteiger partial charge in [0.2, 0.25) is 10.0 Å². The van der Waals surface area contributed by atoms with Crippen molar-refractivity contribution in [1.82, 2.24) is 9.21 Å². The number of hydrogen-bond donors (Lipinski definition) is 0. The Hall–Kier alpha value is -2.13. The molecule has 0 atom stereocenters. The number of nitrogens with zero attached hydrogens (tertiary/aromatic N) is 2. The highest BCUT2D eigenvalue weighted by atomic mass is 35.5. The first-order chi connectivity index (χ1) is 13.5. The van der Waals surface area contributed by atoms with E-state index in [1.165, 1.54) is 43.3 Å². The summed E-state index contributed by atoms with van der Waals surface area (Å²) >= 11 is 11.8. The van der Waals surface area contributed by atoms with Crippen molar-refractivity contribution in [2.24, 2.45) is 0 Å². The molecule has 0 bridgehead atoms. The number of carbonyl (C=O) groups excluding carboxylic acids is 2. The van der Waals surface area contributed by atoms with E-state index in [4.69, 9.17) is 27.9 Å². The predicted molar refractivity (Wildman–Crippen MR) is 111 cm³/mol. The summed E-state index contributed by atoms with van der Waals surface area (Å²) in [6, 6.07) is 10.5. The molecule has 10 heteroatoms. The molecule has 0 aliphatic carbocycles. The molecule has 0 fully saturated rings. The van der Waals surface area contributed by atoms with Crippen LogP contribution in [0.1, 0.15) is 15.9 Å².